The van der Waals surface area contributed by atoms with E-state index in [9.17, 15) is 13.2 Å². The van der Waals surface area contributed by atoms with E-state index in [0.717, 1.165) is 9.54 Å². The number of nitrogen functional groups attached to an aromatic ring is 1. The fraction of sp³-hybridized carbons (Fsp3) is 0.235. The number of nitrogens with one attached hydrogen (secondary N) is 1. The van der Waals surface area contributed by atoms with Gasteiger partial charge in [-0.25, -0.2) is 13.2 Å². The Bertz CT molecular complexity index is 1070. The first-order valence-corrected chi connectivity index (χ1v) is 8.91. The summed E-state index contributed by atoms with van der Waals surface area (Å²) in [5.74, 6) is 0. The Morgan fingerprint density at radius 1 is 1.04 bits per heavy atom. The monoisotopic (exact) mass is 345 g/mol. The summed E-state index contributed by atoms with van der Waals surface area (Å²) in [5, 5.41) is 0. The summed E-state index contributed by atoms with van der Waals surface area (Å²) < 4.78 is 26.6. The van der Waals surface area contributed by atoms with Gasteiger partial charge in [-0.1, -0.05) is 32.9 Å². The molecule has 6 nitrogen and oxygen atoms in total. The van der Waals surface area contributed by atoms with E-state index >= 15 is 0 Å². The molecule has 0 saturated carbocycles. The minimum absolute atomic E-state index is 0.0564. The molecule has 0 amide bonds. The third-order valence-electron chi connectivity index (χ3n) is 3.93. The molecule has 0 unspecified atom stereocenters. The number of nitrogens with two attached hydrogens (primary N) is 1. The van der Waals surface area contributed by atoms with Crippen LogP contribution in [0, 0.1) is 0 Å². The van der Waals surface area contributed by atoms with Gasteiger partial charge in [0.25, 0.3) is 10.0 Å². The van der Waals surface area contributed by atoms with Crippen LogP contribution in [0.15, 0.2) is 52.2 Å². The smallest absolute Gasteiger partial charge is 0.340 e. The van der Waals surface area contributed by atoms with Gasteiger partial charge >= 0.3 is 5.69 Å². The van der Waals surface area contributed by atoms with Crippen molar-refractivity contribution in [3.05, 3.63) is 58.5 Å². The molecule has 0 radical (unpaired) electrons. The van der Waals surface area contributed by atoms with E-state index in [4.69, 9.17) is 5.73 Å². The van der Waals surface area contributed by atoms with Crippen LogP contribution in [0.3, 0.4) is 0 Å². The van der Waals surface area contributed by atoms with Crippen LogP contribution in [-0.2, 0) is 15.4 Å². The maximum Gasteiger partial charge on any atom is 0.340 e. The topological polar surface area (TPSA) is 98.0 Å². The molecular weight excluding hydrogens is 326 g/mol. The van der Waals surface area contributed by atoms with Crippen LogP contribution in [0.25, 0.3) is 11.0 Å². The Morgan fingerprint density at radius 2 is 1.67 bits per heavy atom. The normalized spacial score (nSPS) is 12.6. The molecule has 0 aliphatic rings. The molecule has 0 spiro atoms. The van der Waals surface area contributed by atoms with Gasteiger partial charge < -0.3 is 10.7 Å². The highest BCUT2D eigenvalue weighted by Gasteiger charge is 2.23. The summed E-state index contributed by atoms with van der Waals surface area (Å²) in [6.45, 7) is 6.14. The molecule has 3 N–H and O–H groups in total. The molecule has 1 aromatic heterocycles. The van der Waals surface area contributed by atoms with E-state index in [2.05, 4.69) is 4.98 Å². The van der Waals surface area contributed by atoms with E-state index in [1.54, 1.807) is 24.3 Å². The van der Waals surface area contributed by atoms with Crippen molar-refractivity contribution in [1.82, 2.24) is 8.96 Å². The number of aromatic amines is 1. The van der Waals surface area contributed by atoms with Gasteiger partial charge in [0.2, 0.25) is 0 Å². The standard InChI is InChI=1S/C17H19N3O3S/c1-17(2,3)11-4-7-13(8-5-11)24(22,23)20-15-10-12(18)6-9-14(15)19-16(20)21/h4-10H,18H2,1-3H3,(H,19,21). The van der Waals surface area contributed by atoms with Gasteiger partial charge in [-0.2, -0.15) is 3.97 Å². The van der Waals surface area contributed by atoms with E-state index in [-0.39, 0.29) is 15.8 Å². The minimum Gasteiger partial charge on any atom is -0.399 e. The van der Waals surface area contributed by atoms with Crippen LogP contribution in [0.4, 0.5) is 5.69 Å². The first kappa shape index (κ1) is 16.3. The van der Waals surface area contributed by atoms with Crippen LogP contribution in [0.5, 0.6) is 0 Å². The predicted molar refractivity (Wildman–Crippen MR) is 94.7 cm³/mol. The SMILES string of the molecule is CC(C)(C)c1ccc(S(=O)(=O)n2c(=O)[nH]c3ccc(N)cc32)cc1. The molecule has 0 fully saturated rings. The average molecular weight is 345 g/mol. The quantitative estimate of drug-likeness (QED) is 0.697. The van der Waals surface area contributed by atoms with Crippen molar-refractivity contribution >= 4 is 26.7 Å². The first-order chi connectivity index (χ1) is 11.1. The van der Waals surface area contributed by atoms with Gasteiger partial charge in [0.15, 0.2) is 0 Å². The summed E-state index contributed by atoms with van der Waals surface area (Å²) >= 11 is 0. The number of fused-ring (bicyclic) bond motifs is 1. The molecule has 7 heteroatoms. The number of anilines is 1. The van der Waals surface area contributed by atoms with Gasteiger partial charge in [0.05, 0.1) is 15.9 Å². The number of aromatic nitrogens is 2. The van der Waals surface area contributed by atoms with Gasteiger partial charge in [0, 0.05) is 5.69 Å². The van der Waals surface area contributed by atoms with Crippen LogP contribution in [0.2, 0.25) is 0 Å². The van der Waals surface area contributed by atoms with Crippen molar-refractivity contribution in [2.24, 2.45) is 0 Å². The zero-order valence-electron chi connectivity index (χ0n) is 13.7. The highest BCUT2D eigenvalue weighted by Crippen LogP contribution is 2.25. The molecule has 0 saturated heterocycles. The third-order valence-corrected chi connectivity index (χ3v) is 5.64. The molecular formula is C17H19N3O3S. The maximum atomic E-state index is 12.9. The highest BCUT2D eigenvalue weighted by molar-refractivity contribution is 7.90. The Morgan fingerprint density at radius 3 is 2.25 bits per heavy atom. The highest BCUT2D eigenvalue weighted by atomic mass is 32.2. The molecule has 24 heavy (non-hydrogen) atoms. The van der Waals surface area contributed by atoms with Gasteiger partial charge in [-0.3, -0.25) is 0 Å². The van der Waals surface area contributed by atoms with E-state index in [1.807, 2.05) is 20.8 Å². The van der Waals surface area contributed by atoms with Crippen LogP contribution < -0.4 is 11.4 Å². The van der Waals surface area contributed by atoms with Crippen molar-refractivity contribution in [2.45, 2.75) is 31.1 Å². The van der Waals surface area contributed by atoms with Crippen molar-refractivity contribution in [3.63, 3.8) is 0 Å². The predicted octanol–water partition coefficient (Wildman–Crippen LogP) is 2.45. The Balaban J connectivity index is 2.20. The third kappa shape index (κ3) is 2.60. The second-order valence-corrected chi connectivity index (χ2v) is 8.54. The number of nitrogens with zero attached hydrogens (tertiary/aromatic N) is 1. The molecule has 0 atom stereocenters. The van der Waals surface area contributed by atoms with Crippen LogP contribution in [-0.4, -0.2) is 17.4 Å². The second kappa shape index (κ2) is 5.24. The van der Waals surface area contributed by atoms with Crippen molar-refractivity contribution < 1.29 is 8.42 Å². The van der Waals surface area contributed by atoms with Gasteiger partial charge in [0.1, 0.15) is 0 Å². The molecule has 3 aromatic rings. The van der Waals surface area contributed by atoms with E-state index in [0.29, 0.717) is 11.2 Å². The Kier molecular flexibility index (Phi) is 3.56. The zero-order valence-corrected chi connectivity index (χ0v) is 14.5. The summed E-state index contributed by atoms with van der Waals surface area (Å²) in [4.78, 5) is 14.8. The molecule has 0 aliphatic carbocycles. The van der Waals surface area contributed by atoms with Crippen molar-refractivity contribution in [1.29, 1.82) is 0 Å². The molecule has 0 aliphatic heterocycles. The molecule has 3 rings (SSSR count). The largest absolute Gasteiger partial charge is 0.399 e. The summed E-state index contributed by atoms with van der Waals surface area (Å²) in [6.07, 6.45) is 0. The second-order valence-electron chi connectivity index (χ2n) is 6.75. The fourth-order valence-corrected chi connectivity index (χ4v) is 3.93. The zero-order chi connectivity index (χ0) is 17.7. The van der Waals surface area contributed by atoms with Crippen molar-refractivity contribution in [3.8, 4) is 0 Å². The van der Waals surface area contributed by atoms with Crippen molar-refractivity contribution in [2.75, 3.05) is 5.73 Å². The lowest BCUT2D eigenvalue weighted by molar-refractivity contribution is 0.582. The van der Waals surface area contributed by atoms with Gasteiger partial charge in [-0.05, 0) is 41.3 Å². The number of benzene rings is 2. The molecule has 0 bridgehead atoms. The number of H-pyrrole nitrogens is 1. The first-order valence-electron chi connectivity index (χ1n) is 7.47. The molecule has 126 valence electrons. The minimum atomic E-state index is -4.01. The Hall–Kier alpha value is -2.54. The maximum absolute atomic E-state index is 12.9. The Labute approximate surface area is 140 Å². The lowest BCUT2D eigenvalue weighted by Gasteiger charge is -2.19. The van der Waals surface area contributed by atoms with Gasteiger partial charge in [-0.15, -0.1) is 0 Å². The molecule has 2 aromatic carbocycles. The summed E-state index contributed by atoms with van der Waals surface area (Å²) in [5.41, 5.74) is 6.98. The number of hydrogen-bond donors (Lipinski definition) is 2. The average Bonchev–Trinajstić information content (AvgIpc) is 2.82. The summed E-state index contributed by atoms with van der Waals surface area (Å²) in [6, 6.07) is 11.2. The summed E-state index contributed by atoms with van der Waals surface area (Å²) in [7, 11) is -4.01. The lowest BCUT2D eigenvalue weighted by Crippen LogP contribution is -2.25. The van der Waals surface area contributed by atoms with Crippen LogP contribution in [0.1, 0.15) is 26.3 Å². The molecule has 1 heterocycles. The number of hydrogen-bond acceptors (Lipinski definition) is 4. The number of rotatable bonds is 2. The van der Waals surface area contributed by atoms with E-state index in [1.165, 1.54) is 18.2 Å². The lowest BCUT2D eigenvalue weighted by atomic mass is 9.87. The van der Waals surface area contributed by atoms with Crippen LogP contribution >= 0.6 is 0 Å². The number of imidazole rings is 1. The fourth-order valence-electron chi connectivity index (χ4n) is 2.57. The van der Waals surface area contributed by atoms with E-state index < -0.39 is 15.7 Å².